The van der Waals surface area contributed by atoms with Crippen molar-refractivity contribution in [1.82, 2.24) is 14.8 Å². The number of aromatic nitrogens is 3. The molecule has 3 aromatic rings. The zero-order valence-corrected chi connectivity index (χ0v) is 12.9. The van der Waals surface area contributed by atoms with Gasteiger partial charge in [0.1, 0.15) is 23.0 Å². The predicted octanol–water partition coefficient (Wildman–Crippen LogP) is 2.98. The number of rotatable bonds is 4. The summed E-state index contributed by atoms with van der Waals surface area (Å²) in [6, 6.07) is 7.57. The highest BCUT2D eigenvalue weighted by atomic mass is 16.3. The Kier molecular flexibility index (Phi) is 3.66. The number of hydrogen-bond acceptors (Lipinski definition) is 4. The van der Waals surface area contributed by atoms with Crippen LogP contribution in [-0.2, 0) is 11.3 Å². The summed E-state index contributed by atoms with van der Waals surface area (Å²) in [7, 11) is 0. The molecule has 0 radical (unpaired) electrons. The number of fused-ring (bicyclic) bond motifs is 1. The van der Waals surface area contributed by atoms with Crippen LogP contribution in [0.4, 0.5) is 5.69 Å². The lowest BCUT2D eigenvalue weighted by Crippen LogP contribution is -2.15. The number of carbonyl (C=O) groups is 1. The Morgan fingerprint density at radius 3 is 2.82 bits per heavy atom. The van der Waals surface area contributed by atoms with Crippen molar-refractivity contribution in [3.63, 3.8) is 0 Å². The van der Waals surface area contributed by atoms with Gasteiger partial charge in [-0.25, -0.2) is 9.67 Å². The number of carbonyl (C=O) groups excluding carboxylic acids is 1. The molecule has 114 valence electrons. The average Bonchev–Trinajstić information content (AvgIpc) is 2.97. The number of anilines is 1. The molecule has 0 aliphatic carbocycles. The molecule has 2 aromatic heterocycles. The van der Waals surface area contributed by atoms with E-state index in [4.69, 9.17) is 4.42 Å². The third-order valence-electron chi connectivity index (χ3n) is 3.44. The summed E-state index contributed by atoms with van der Waals surface area (Å²) in [5.74, 6) is 2.35. The second kappa shape index (κ2) is 5.63. The third kappa shape index (κ3) is 3.00. The number of benzene rings is 1. The topological polar surface area (TPSA) is 73.0 Å². The number of aryl methyl sites for hydroxylation is 4. The van der Waals surface area contributed by atoms with Crippen molar-refractivity contribution < 1.29 is 9.21 Å². The highest BCUT2D eigenvalue weighted by molar-refractivity contribution is 5.93. The second-order valence-corrected chi connectivity index (χ2v) is 5.34. The quantitative estimate of drug-likeness (QED) is 0.803. The minimum atomic E-state index is -0.0490. The summed E-state index contributed by atoms with van der Waals surface area (Å²) in [5.41, 5.74) is 1.59. The van der Waals surface area contributed by atoms with Gasteiger partial charge in [0.15, 0.2) is 0 Å². The van der Waals surface area contributed by atoms with Gasteiger partial charge >= 0.3 is 0 Å². The molecule has 0 saturated carbocycles. The normalized spacial score (nSPS) is 11.0. The number of amides is 1. The van der Waals surface area contributed by atoms with E-state index in [0.29, 0.717) is 13.0 Å². The molecule has 0 bridgehead atoms. The van der Waals surface area contributed by atoms with E-state index >= 15 is 0 Å². The number of furan rings is 1. The molecule has 0 unspecified atom stereocenters. The standard InChI is InChI=1S/C16H18N4O2/c1-10-8-13-9-14(4-5-15(13)22-10)18-16(21)6-7-20-12(3)17-11(2)19-20/h4-5,8-9H,6-7H2,1-3H3,(H,18,21). The number of nitrogens with zero attached hydrogens (tertiary/aromatic N) is 3. The first-order valence-electron chi connectivity index (χ1n) is 7.19. The summed E-state index contributed by atoms with van der Waals surface area (Å²) in [6.45, 7) is 6.14. The smallest absolute Gasteiger partial charge is 0.226 e. The van der Waals surface area contributed by atoms with Crippen LogP contribution in [0.25, 0.3) is 11.0 Å². The SMILES string of the molecule is Cc1nc(C)n(CCC(=O)Nc2ccc3oc(C)cc3c2)n1. The zero-order valence-electron chi connectivity index (χ0n) is 12.9. The first kappa shape index (κ1) is 14.3. The molecule has 1 amide bonds. The summed E-state index contributed by atoms with van der Waals surface area (Å²) < 4.78 is 7.26. The summed E-state index contributed by atoms with van der Waals surface area (Å²) >= 11 is 0. The van der Waals surface area contributed by atoms with Crippen molar-refractivity contribution in [3.8, 4) is 0 Å². The van der Waals surface area contributed by atoms with Crippen LogP contribution in [0.15, 0.2) is 28.7 Å². The van der Waals surface area contributed by atoms with Crippen LogP contribution in [0.5, 0.6) is 0 Å². The summed E-state index contributed by atoms with van der Waals surface area (Å²) in [5, 5.41) is 8.13. The van der Waals surface area contributed by atoms with Crippen LogP contribution < -0.4 is 5.32 Å². The van der Waals surface area contributed by atoms with E-state index in [9.17, 15) is 4.79 Å². The Labute approximate surface area is 128 Å². The van der Waals surface area contributed by atoms with Gasteiger partial charge in [-0.15, -0.1) is 0 Å². The lowest BCUT2D eigenvalue weighted by atomic mass is 10.2. The number of nitrogens with one attached hydrogen (secondary N) is 1. The van der Waals surface area contributed by atoms with Crippen molar-refractivity contribution >= 4 is 22.6 Å². The molecule has 0 fully saturated rings. The van der Waals surface area contributed by atoms with Crippen molar-refractivity contribution in [1.29, 1.82) is 0 Å². The fourth-order valence-electron chi connectivity index (χ4n) is 2.46. The van der Waals surface area contributed by atoms with Crippen LogP contribution in [0.1, 0.15) is 23.8 Å². The molecule has 3 rings (SSSR count). The maximum atomic E-state index is 12.0. The van der Waals surface area contributed by atoms with Crippen LogP contribution >= 0.6 is 0 Å². The molecule has 6 nitrogen and oxygen atoms in total. The first-order valence-corrected chi connectivity index (χ1v) is 7.19. The molecule has 0 atom stereocenters. The fraction of sp³-hybridized carbons (Fsp3) is 0.312. The molecule has 0 spiro atoms. The largest absolute Gasteiger partial charge is 0.461 e. The molecule has 0 saturated heterocycles. The summed E-state index contributed by atoms with van der Waals surface area (Å²) in [4.78, 5) is 16.3. The summed E-state index contributed by atoms with van der Waals surface area (Å²) in [6.07, 6.45) is 0.353. The van der Waals surface area contributed by atoms with Gasteiger partial charge in [0, 0.05) is 17.5 Å². The van der Waals surface area contributed by atoms with Crippen LogP contribution in [0, 0.1) is 20.8 Å². The monoisotopic (exact) mass is 298 g/mol. The molecule has 0 aliphatic rings. The van der Waals surface area contributed by atoms with Gasteiger partial charge in [-0.3, -0.25) is 4.79 Å². The molecule has 22 heavy (non-hydrogen) atoms. The van der Waals surface area contributed by atoms with Gasteiger partial charge in [0.05, 0.1) is 6.54 Å². The van der Waals surface area contributed by atoms with Gasteiger partial charge in [0.25, 0.3) is 0 Å². The van der Waals surface area contributed by atoms with Crippen LogP contribution in [0.2, 0.25) is 0 Å². The van der Waals surface area contributed by atoms with Crippen LogP contribution in [-0.4, -0.2) is 20.7 Å². The van der Waals surface area contributed by atoms with E-state index in [1.54, 1.807) is 4.68 Å². The highest BCUT2D eigenvalue weighted by Gasteiger charge is 2.08. The van der Waals surface area contributed by atoms with E-state index < -0.39 is 0 Å². The predicted molar refractivity (Wildman–Crippen MR) is 83.7 cm³/mol. The molecular weight excluding hydrogens is 280 g/mol. The molecule has 0 aliphatic heterocycles. The van der Waals surface area contributed by atoms with E-state index in [1.807, 2.05) is 45.0 Å². The molecule has 6 heteroatoms. The first-order chi connectivity index (χ1) is 10.5. The van der Waals surface area contributed by atoms with Crippen molar-refractivity contribution in [3.05, 3.63) is 41.7 Å². The Morgan fingerprint density at radius 2 is 2.09 bits per heavy atom. The van der Waals surface area contributed by atoms with Gasteiger partial charge in [-0.1, -0.05) is 0 Å². The maximum Gasteiger partial charge on any atom is 0.226 e. The Morgan fingerprint density at radius 1 is 1.27 bits per heavy atom. The van der Waals surface area contributed by atoms with Crippen LogP contribution in [0.3, 0.4) is 0 Å². The zero-order chi connectivity index (χ0) is 15.7. The Balaban J connectivity index is 1.64. The fourth-order valence-corrected chi connectivity index (χ4v) is 2.46. The Hall–Kier alpha value is -2.63. The highest BCUT2D eigenvalue weighted by Crippen LogP contribution is 2.22. The molecule has 1 N–H and O–H groups in total. The van der Waals surface area contributed by atoms with Gasteiger partial charge in [-0.05, 0) is 45.0 Å². The van der Waals surface area contributed by atoms with Gasteiger partial charge in [-0.2, -0.15) is 5.10 Å². The molecule has 2 heterocycles. The third-order valence-corrected chi connectivity index (χ3v) is 3.44. The van der Waals surface area contributed by atoms with Crippen molar-refractivity contribution in [2.75, 3.05) is 5.32 Å². The lowest BCUT2D eigenvalue weighted by Gasteiger charge is -2.06. The van der Waals surface area contributed by atoms with E-state index in [0.717, 1.165) is 34.1 Å². The lowest BCUT2D eigenvalue weighted by molar-refractivity contribution is -0.116. The average molecular weight is 298 g/mol. The van der Waals surface area contributed by atoms with Crippen molar-refractivity contribution in [2.45, 2.75) is 33.7 Å². The molecular formula is C16H18N4O2. The Bertz CT molecular complexity index is 832. The second-order valence-electron chi connectivity index (χ2n) is 5.34. The van der Waals surface area contributed by atoms with E-state index in [-0.39, 0.29) is 5.91 Å². The maximum absolute atomic E-state index is 12.0. The van der Waals surface area contributed by atoms with Crippen molar-refractivity contribution in [2.24, 2.45) is 0 Å². The minimum absolute atomic E-state index is 0.0490. The van der Waals surface area contributed by atoms with E-state index in [1.165, 1.54) is 0 Å². The molecule has 1 aromatic carbocycles. The minimum Gasteiger partial charge on any atom is -0.461 e. The van der Waals surface area contributed by atoms with E-state index in [2.05, 4.69) is 15.4 Å². The van der Waals surface area contributed by atoms with Gasteiger partial charge < -0.3 is 9.73 Å². The number of hydrogen-bond donors (Lipinski definition) is 1. The van der Waals surface area contributed by atoms with Gasteiger partial charge in [0.2, 0.25) is 5.91 Å².